The third kappa shape index (κ3) is 6.49. The summed E-state index contributed by atoms with van der Waals surface area (Å²) in [6.07, 6.45) is 4.29. The van der Waals surface area contributed by atoms with Gasteiger partial charge in [-0.2, -0.15) is 0 Å². The number of benzene rings is 1. The first-order valence-electron chi connectivity index (χ1n) is 9.73. The van der Waals surface area contributed by atoms with Crippen LogP contribution in [0.4, 0.5) is 0 Å². The lowest BCUT2D eigenvalue weighted by Gasteiger charge is -2.14. The molecule has 0 fully saturated rings. The smallest absolute Gasteiger partial charge is 0.132 e. The Kier molecular flexibility index (Phi) is 10.4. The molecular formula is C22H33BrN2O2. The Morgan fingerprint density at radius 1 is 0.926 bits per heavy atom. The van der Waals surface area contributed by atoms with Gasteiger partial charge >= 0.3 is 0 Å². The minimum Gasteiger partial charge on any atom is -0.497 e. The first-order chi connectivity index (χ1) is 12.9. The summed E-state index contributed by atoms with van der Waals surface area (Å²) < 4.78 is 11.5. The molecule has 0 aliphatic carbocycles. The molecule has 2 rings (SSSR count). The van der Waals surface area contributed by atoms with Crippen LogP contribution in [0.1, 0.15) is 58.8 Å². The molecule has 0 N–H and O–H groups in total. The molecule has 0 amide bonds. The molecule has 1 heterocycles. The van der Waals surface area contributed by atoms with Crippen molar-refractivity contribution in [3.05, 3.63) is 34.2 Å². The van der Waals surface area contributed by atoms with Crippen LogP contribution >= 0.6 is 15.9 Å². The lowest BCUT2D eigenvalue weighted by atomic mass is 10.1. The van der Waals surface area contributed by atoms with E-state index in [0.717, 1.165) is 57.5 Å². The van der Waals surface area contributed by atoms with Gasteiger partial charge in [0, 0.05) is 11.6 Å². The molecule has 0 aliphatic rings. The summed E-state index contributed by atoms with van der Waals surface area (Å²) >= 11 is 3.49. The first-order valence-corrected chi connectivity index (χ1v) is 10.5. The number of hydrogen-bond acceptors (Lipinski definition) is 4. The van der Waals surface area contributed by atoms with Crippen LogP contribution in [-0.4, -0.2) is 24.2 Å². The average Bonchev–Trinajstić information content (AvgIpc) is 2.72. The Morgan fingerprint density at radius 2 is 1.56 bits per heavy atom. The Hall–Kier alpha value is -1.62. The molecular weight excluding hydrogens is 404 g/mol. The van der Waals surface area contributed by atoms with E-state index in [2.05, 4.69) is 55.5 Å². The molecule has 0 bridgehead atoms. The van der Waals surface area contributed by atoms with E-state index in [-0.39, 0.29) is 0 Å². The standard InChI is InChI=1S/C16H19BrN2O2.C6H14/c1-5-12-15(18-13(6-2)16(17)19-12)11-8-7-10(20-3)9-14(11)21-4;1-4-6(3)5-2/h7-9H,5-6H2,1-4H3;6H,4-5H2,1-3H3. The van der Waals surface area contributed by atoms with E-state index < -0.39 is 0 Å². The number of aromatic nitrogens is 2. The number of halogens is 1. The van der Waals surface area contributed by atoms with Crippen LogP contribution in [0.5, 0.6) is 11.5 Å². The molecule has 1 aromatic heterocycles. The van der Waals surface area contributed by atoms with E-state index in [0.29, 0.717) is 0 Å². The van der Waals surface area contributed by atoms with E-state index in [4.69, 9.17) is 14.5 Å². The molecule has 27 heavy (non-hydrogen) atoms. The maximum atomic E-state index is 5.49. The predicted molar refractivity (Wildman–Crippen MR) is 117 cm³/mol. The van der Waals surface area contributed by atoms with E-state index in [1.807, 2.05) is 18.2 Å². The van der Waals surface area contributed by atoms with E-state index in [9.17, 15) is 0 Å². The fourth-order valence-electron chi connectivity index (χ4n) is 2.45. The van der Waals surface area contributed by atoms with Gasteiger partial charge in [0.05, 0.1) is 31.3 Å². The highest BCUT2D eigenvalue weighted by Crippen LogP contribution is 2.34. The van der Waals surface area contributed by atoms with Gasteiger partial charge in [-0.15, -0.1) is 0 Å². The topological polar surface area (TPSA) is 44.2 Å². The minimum absolute atomic E-state index is 0.739. The highest BCUT2D eigenvalue weighted by Gasteiger charge is 2.16. The number of rotatable bonds is 7. The molecule has 0 saturated carbocycles. The summed E-state index contributed by atoms with van der Waals surface area (Å²) in [6, 6.07) is 5.74. The van der Waals surface area contributed by atoms with Crippen LogP contribution in [0.2, 0.25) is 0 Å². The zero-order valence-electron chi connectivity index (χ0n) is 17.7. The molecule has 2 aromatic rings. The van der Waals surface area contributed by atoms with Gasteiger partial charge in [-0.05, 0) is 46.8 Å². The Bertz CT molecular complexity index is 716. The summed E-state index contributed by atoms with van der Waals surface area (Å²) in [5, 5.41) is 0. The zero-order valence-corrected chi connectivity index (χ0v) is 19.3. The average molecular weight is 437 g/mol. The maximum Gasteiger partial charge on any atom is 0.132 e. The summed E-state index contributed by atoms with van der Waals surface area (Å²) in [7, 11) is 3.29. The second-order valence-electron chi connectivity index (χ2n) is 6.45. The lowest BCUT2D eigenvalue weighted by molar-refractivity contribution is 0.395. The molecule has 1 aromatic carbocycles. The summed E-state index contributed by atoms with van der Waals surface area (Å²) in [4.78, 5) is 9.39. The van der Waals surface area contributed by atoms with Crippen molar-refractivity contribution in [3.63, 3.8) is 0 Å². The number of methoxy groups -OCH3 is 2. The van der Waals surface area contributed by atoms with Crippen molar-refractivity contribution in [3.8, 4) is 22.8 Å². The van der Waals surface area contributed by atoms with Gasteiger partial charge in [-0.25, -0.2) is 9.97 Å². The summed E-state index contributed by atoms with van der Waals surface area (Å²) in [5.74, 6) is 2.43. The van der Waals surface area contributed by atoms with Gasteiger partial charge in [0.1, 0.15) is 16.1 Å². The molecule has 150 valence electrons. The largest absolute Gasteiger partial charge is 0.497 e. The van der Waals surface area contributed by atoms with E-state index in [1.165, 1.54) is 12.8 Å². The number of nitrogens with zero attached hydrogens (tertiary/aromatic N) is 2. The molecule has 0 radical (unpaired) electrons. The van der Waals surface area contributed by atoms with Crippen molar-refractivity contribution in [2.75, 3.05) is 14.2 Å². The Labute approximate surface area is 172 Å². The Balaban J connectivity index is 0.000000527. The van der Waals surface area contributed by atoms with Crippen LogP contribution < -0.4 is 9.47 Å². The second kappa shape index (κ2) is 12.0. The maximum absolute atomic E-state index is 5.49. The van der Waals surface area contributed by atoms with Crippen molar-refractivity contribution >= 4 is 15.9 Å². The van der Waals surface area contributed by atoms with Crippen LogP contribution in [0, 0.1) is 5.92 Å². The van der Waals surface area contributed by atoms with Gasteiger partial charge in [0.2, 0.25) is 0 Å². The van der Waals surface area contributed by atoms with Gasteiger partial charge < -0.3 is 9.47 Å². The fraction of sp³-hybridized carbons (Fsp3) is 0.545. The zero-order chi connectivity index (χ0) is 20.4. The van der Waals surface area contributed by atoms with Gasteiger partial charge in [-0.1, -0.05) is 47.5 Å². The summed E-state index contributed by atoms with van der Waals surface area (Å²) in [5.41, 5.74) is 3.70. The first kappa shape index (κ1) is 23.4. The highest BCUT2D eigenvalue weighted by atomic mass is 79.9. The number of ether oxygens (including phenoxy) is 2. The van der Waals surface area contributed by atoms with Gasteiger partial charge in [0.15, 0.2) is 0 Å². The molecule has 5 heteroatoms. The number of hydrogen-bond donors (Lipinski definition) is 0. The monoisotopic (exact) mass is 436 g/mol. The van der Waals surface area contributed by atoms with E-state index in [1.54, 1.807) is 14.2 Å². The molecule has 0 spiro atoms. The third-order valence-electron chi connectivity index (χ3n) is 4.72. The van der Waals surface area contributed by atoms with Gasteiger partial charge in [0.25, 0.3) is 0 Å². The van der Waals surface area contributed by atoms with Crippen LogP contribution in [0.3, 0.4) is 0 Å². The predicted octanol–water partition coefficient (Wildman–Crippen LogP) is 6.49. The van der Waals surface area contributed by atoms with Crippen molar-refractivity contribution in [2.24, 2.45) is 5.92 Å². The fourth-order valence-corrected chi connectivity index (χ4v) is 3.03. The molecule has 4 nitrogen and oxygen atoms in total. The van der Waals surface area contributed by atoms with E-state index >= 15 is 0 Å². The van der Waals surface area contributed by atoms with Crippen LogP contribution in [0.15, 0.2) is 22.8 Å². The Morgan fingerprint density at radius 3 is 2.00 bits per heavy atom. The highest BCUT2D eigenvalue weighted by molar-refractivity contribution is 9.10. The molecule has 0 atom stereocenters. The molecule has 0 aliphatic heterocycles. The van der Waals surface area contributed by atoms with Crippen molar-refractivity contribution < 1.29 is 9.47 Å². The third-order valence-corrected chi connectivity index (χ3v) is 5.35. The molecule has 0 unspecified atom stereocenters. The molecule has 0 saturated heterocycles. The van der Waals surface area contributed by atoms with Crippen molar-refractivity contribution in [2.45, 2.75) is 60.3 Å². The lowest BCUT2D eigenvalue weighted by Crippen LogP contribution is -2.03. The van der Waals surface area contributed by atoms with Crippen molar-refractivity contribution in [1.29, 1.82) is 0 Å². The second-order valence-corrected chi connectivity index (χ2v) is 7.20. The summed E-state index contributed by atoms with van der Waals surface area (Å²) in [6.45, 7) is 10.9. The quantitative estimate of drug-likeness (QED) is 0.497. The van der Waals surface area contributed by atoms with Crippen molar-refractivity contribution in [1.82, 2.24) is 9.97 Å². The minimum atomic E-state index is 0.739. The van der Waals surface area contributed by atoms with Crippen LogP contribution in [0.25, 0.3) is 11.3 Å². The number of aryl methyl sites for hydroxylation is 2. The van der Waals surface area contributed by atoms with Gasteiger partial charge in [-0.3, -0.25) is 0 Å². The SMILES string of the molecule is CCC(C)CC.CCc1nc(-c2ccc(OC)cc2OC)c(CC)nc1Br. The normalized spacial score (nSPS) is 10.4. The van der Waals surface area contributed by atoms with Crippen LogP contribution in [-0.2, 0) is 12.8 Å².